The minimum absolute atomic E-state index is 0.242. The molecule has 1 unspecified atom stereocenters. The van der Waals surface area contributed by atoms with Gasteiger partial charge in [-0.2, -0.15) is 0 Å². The van der Waals surface area contributed by atoms with E-state index >= 15 is 0 Å². The molecule has 1 nitrogen and oxygen atoms in total. The molecule has 2 heteroatoms. The maximum absolute atomic E-state index is 5.45. The number of thiophene rings is 1. The van der Waals surface area contributed by atoms with E-state index in [0.717, 1.165) is 5.76 Å². The van der Waals surface area contributed by atoms with Gasteiger partial charge in [0.1, 0.15) is 5.76 Å². The molecule has 0 bridgehead atoms. The van der Waals surface area contributed by atoms with Crippen molar-refractivity contribution in [1.82, 2.24) is 0 Å². The zero-order chi connectivity index (χ0) is 11.8. The first kappa shape index (κ1) is 11.5. The van der Waals surface area contributed by atoms with Crippen LogP contribution < -0.4 is 0 Å². The SMILES string of the molecule is CC(c1csc(C(C)(C)C)c1)c1ccco1. The lowest BCUT2D eigenvalue weighted by molar-refractivity contribution is 0.496. The highest BCUT2D eigenvalue weighted by atomic mass is 32.1. The maximum Gasteiger partial charge on any atom is 0.110 e. The predicted octanol–water partition coefficient (Wildman–Crippen LogP) is 4.79. The third-order valence-corrected chi connectivity index (χ3v) is 4.20. The molecule has 0 aliphatic carbocycles. The van der Waals surface area contributed by atoms with Crippen LogP contribution in [-0.2, 0) is 5.41 Å². The molecule has 2 rings (SSSR count). The zero-order valence-corrected chi connectivity index (χ0v) is 11.1. The van der Waals surface area contributed by atoms with Crippen LogP contribution in [0, 0.1) is 0 Å². The molecular formula is C14H18OS. The van der Waals surface area contributed by atoms with Gasteiger partial charge in [0.05, 0.1) is 6.26 Å². The first-order chi connectivity index (χ1) is 7.48. The fraction of sp³-hybridized carbons (Fsp3) is 0.429. The Morgan fingerprint density at radius 1 is 1.31 bits per heavy atom. The van der Waals surface area contributed by atoms with Crippen molar-refractivity contribution in [2.45, 2.75) is 39.0 Å². The van der Waals surface area contributed by atoms with Gasteiger partial charge < -0.3 is 4.42 Å². The van der Waals surface area contributed by atoms with Gasteiger partial charge >= 0.3 is 0 Å². The molecule has 1 atom stereocenters. The summed E-state index contributed by atoms with van der Waals surface area (Å²) in [6.07, 6.45) is 1.74. The summed E-state index contributed by atoms with van der Waals surface area (Å²) in [7, 11) is 0. The molecule has 0 fully saturated rings. The fourth-order valence-corrected chi connectivity index (χ4v) is 2.77. The lowest BCUT2D eigenvalue weighted by Crippen LogP contribution is -2.08. The van der Waals surface area contributed by atoms with Gasteiger partial charge in [-0.05, 0) is 34.6 Å². The van der Waals surface area contributed by atoms with Crippen molar-refractivity contribution in [2.75, 3.05) is 0 Å². The van der Waals surface area contributed by atoms with E-state index in [4.69, 9.17) is 4.42 Å². The molecule has 0 aromatic carbocycles. The first-order valence-electron chi connectivity index (χ1n) is 5.61. The molecule has 0 spiro atoms. The van der Waals surface area contributed by atoms with E-state index in [-0.39, 0.29) is 5.41 Å². The second-order valence-electron chi connectivity index (χ2n) is 5.23. The lowest BCUT2D eigenvalue weighted by atomic mass is 9.92. The summed E-state index contributed by atoms with van der Waals surface area (Å²) < 4.78 is 5.45. The van der Waals surface area contributed by atoms with Gasteiger partial charge in [0, 0.05) is 10.8 Å². The molecule has 0 N–H and O–H groups in total. The Hall–Kier alpha value is -1.02. The van der Waals surface area contributed by atoms with Crippen molar-refractivity contribution in [3.05, 3.63) is 46.0 Å². The summed E-state index contributed by atoms with van der Waals surface area (Å²) in [6.45, 7) is 8.94. The molecule has 0 saturated heterocycles. The molecule has 2 aromatic rings. The van der Waals surface area contributed by atoms with Crippen molar-refractivity contribution in [1.29, 1.82) is 0 Å². The predicted molar refractivity (Wildman–Crippen MR) is 69.2 cm³/mol. The van der Waals surface area contributed by atoms with Crippen LogP contribution in [0.3, 0.4) is 0 Å². The van der Waals surface area contributed by atoms with Gasteiger partial charge in [0.2, 0.25) is 0 Å². The fourth-order valence-electron chi connectivity index (χ4n) is 1.67. The van der Waals surface area contributed by atoms with Crippen molar-refractivity contribution < 1.29 is 4.42 Å². The Balaban J connectivity index is 2.26. The van der Waals surface area contributed by atoms with E-state index in [1.807, 2.05) is 23.5 Å². The van der Waals surface area contributed by atoms with Crippen LogP contribution >= 0.6 is 11.3 Å². The highest BCUT2D eigenvalue weighted by Crippen LogP contribution is 2.33. The highest BCUT2D eigenvalue weighted by molar-refractivity contribution is 7.10. The molecule has 2 heterocycles. The Morgan fingerprint density at radius 2 is 2.06 bits per heavy atom. The third kappa shape index (κ3) is 2.22. The van der Waals surface area contributed by atoms with E-state index in [2.05, 4.69) is 39.1 Å². The number of hydrogen-bond acceptors (Lipinski definition) is 2. The molecule has 0 radical (unpaired) electrons. The van der Waals surface area contributed by atoms with Gasteiger partial charge in [-0.1, -0.05) is 27.7 Å². The minimum Gasteiger partial charge on any atom is -0.469 e. The summed E-state index contributed by atoms with van der Waals surface area (Å²) in [6, 6.07) is 6.29. The zero-order valence-electron chi connectivity index (χ0n) is 10.3. The second kappa shape index (κ2) is 4.10. The van der Waals surface area contributed by atoms with Crippen LogP contribution in [-0.4, -0.2) is 0 Å². The van der Waals surface area contributed by atoms with Crippen LogP contribution in [0.1, 0.15) is 49.8 Å². The Kier molecular flexibility index (Phi) is 2.94. The van der Waals surface area contributed by atoms with Crippen LogP contribution in [0.15, 0.2) is 34.3 Å². The van der Waals surface area contributed by atoms with E-state index in [1.54, 1.807) is 6.26 Å². The van der Waals surface area contributed by atoms with E-state index in [0.29, 0.717) is 5.92 Å². The minimum atomic E-state index is 0.242. The number of rotatable bonds is 2. The number of furan rings is 1. The van der Waals surface area contributed by atoms with Crippen molar-refractivity contribution in [2.24, 2.45) is 0 Å². The first-order valence-corrected chi connectivity index (χ1v) is 6.49. The van der Waals surface area contributed by atoms with Crippen molar-refractivity contribution >= 4 is 11.3 Å². The summed E-state index contributed by atoms with van der Waals surface area (Å²) in [5, 5.41) is 2.24. The monoisotopic (exact) mass is 234 g/mol. The molecule has 0 aliphatic heterocycles. The summed E-state index contributed by atoms with van der Waals surface area (Å²) in [4.78, 5) is 1.43. The standard InChI is InChI=1S/C14H18OS/c1-10(12-6-5-7-15-12)11-8-13(16-9-11)14(2,3)4/h5-10H,1-4H3. The topological polar surface area (TPSA) is 13.1 Å². The summed E-state index contributed by atoms with van der Waals surface area (Å²) in [5.74, 6) is 1.39. The molecule has 86 valence electrons. The van der Waals surface area contributed by atoms with Crippen LogP contribution in [0.2, 0.25) is 0 Å². The van der Waals surface area contributed by atoms with Gasteiger partial charge in [-0.15, -0.1) is 11.3 Å². The van der Waals surface area contributed by atoms with Crippen LogP contribution in [0.5, 0.6) is 0 Å². The normalized spacial score (nSPS) is 14.0. The Labute approximate surface area is 101 Å². The average Bonchev–Trinajstić information content (AvgIpc) is 2.87. The van der Waals surface area contributed by atoms with Gasteiger partial charge in [-0.25, -0.2) is 0 Å². The van der Waals surface area contributed by atoms with Crippen molar-refractivity contribution in [3.63, 3.8) is 0 Å². The Bertz CT molecular complexity index is 445. The quantitative estimate of drug-likeness (QED) is 0.728. The molecule has 0 amide bonds. The van der Waals surface area contributed by atoms with Crippen LogP contribution in [0.25, 0.3) is 0 Å². The van der Waals surface area contributed by atoms with E-state index in [1.165, 1.54) is 10.4 Å². The van der Waals surface area contributed by atoms with Crippen LogP contribution in [0.4, 0.5) is 0 Å². The molecular weight excluding hydrogens is 216 g/mol. The van der Waals surface area contributed by atoms with Crippen molar-refractivity contribution in [3.8, 4) is 0 Å². The molecule has 2 aromatic heterocycles. The molecule has 0 saturated carbocycles. The third-order valence-electron chi connectivity index (χ3n) is 2.83. The van der Waals surface area contributed by atoms with E-state index in [9.17, 15) is 0 Å². The highest BCUT2D eigenvalue weighted by Gasteiger charge is 2.19. The number of hydrogen-bond donors (Lipinski definition) is 0. The smallest absolute Gasteiger partial charge is 0.110 e. The van der Waals surface area contributed by atoms with E-state index < -0.39 is 0 Å². The molecule has 16 heavy (non-hydrogen) atoms. The largest absolute Gasteiger partial charge is 0.469 e. The Morgan fingerprint density at radius 3 is 2.56 bits per heavy atom. The average molecular weight is 234 g/mol. The summed E-state index contributed by atoms with van der Waals surface area (Å²) in [5.41, 5.74) is 1.59. The maximum atomic E-state index is 5.45. The molecule has 0 aliphatic rings. The summed E-state index contributed by atoms with van der Waals surface area (Å²) >= 11 is 1.84. The van der Waals surface area contributed by atoms with Gasteiger partial charge in [0.25, 0.3) is 0 Å². The second-order valence-corrected chi connectivity index (χ2v) is 6.14. The van der Waals surface area contributed by atoms with Gasteiger partial charge in [-0.3, -0.25) is 0 Å². The van der Waals surface area contributed by atoms with Gasteiger partial charge in [0.15, 0.2) is 0 Å². The lowest BCUT2D eigenvalue weighted by Gasteiger charge is -2.15.